The number of aromatic nitrogens is 3. The molecule has 1 amide bonds. The van der Waals surface area contributed by atoms with Gasteiger partial charge >= 0.3 is 0 Å². The van der Waals surface area contributed by atoms with Crippen molar-refractivity contribution in [1.29, 1.82) is 0 Å². The molecule has 2 heterocycles. The third-order valence-electron chi connectivity index (χ3n) is 3.06. The Hall–Kier alpha value is -2.54. The molecule has 7 heteroatoms. The van der Waals surface area contributed by atoms with Gasteiger partial charge in [-0.2, -0.15) is 5.10 Å². The summed E-state index contributed by atoms with van der Waals surface area (Å²) in [5, 5.41) is 11.9. The molecule has 1 aromatic carbocycles. The molecule has 0 radical (unpaired) electrons. The molecule has 0 aliphatic rings. The summed E-state index contributed by atoms with van der Waals surface area (Å²) in [7, 11) is 0. The summed E-state index contributed by atoms with van der Waals surface area (Å²) in [6.07, 6.45) is 0.663. The van der Waals surface area contributed by atoms with Crippen molar-refractivity contribution >= 4 is 28.0 Å². The summed E-state index contributed by atoms with van der Waals surface area (Å²) < 4.78 is 0. The van der Waals surface area contributed by atoms with Crippen molar-refractivity contribution in [2.75, 3.05) is 6.54 Å². The fourth-order valence-electron chi connectivity index (χ4n) is 2.04. The molecular formula is C14H12N4O2S. The van der Waals surface area contributed by atoms with E-state index in [1.165, 1.54) is 11.3 Å². The molecule has 106 valence electrons. The maximum Gasteiger partial charge on any atom is 0.272 e. The Labute approximate surface area is 123 Å². The SMILES string of the molecule is O=C(NCCc1cscn1)c1n[nH]c(=O)c2ccccc12. The molecule has 0 atom stereocenters. The summed E-state index contributed by atoms with van der Waals surface area (Å²) in [5.74, 6) is -0.308. The minimum absolute atomic E-state index is 0.225. The lowest BCUT2D eigenvalue weighted by molar-refractivity contribution is 0.0950. The Morgan fingerprint density at radius 3 is 2.86 bits per heavy atom. The Bertz CT molecular complexity index is 826. The van der Waals surface area contributed by atoms with E-state index in [2.05, 4.69) is 20.5 Å². The van der Waals surface area contributed by atoms with Crippen molar-refractivity contribution in [3.8, 4) is 0 Å². The molecule has 0 aliphatic heterocycles. The third kappa shape index (κ3) is 2.82. The number of carbonyl (C=O) groups is 1. The first-order valence-corrected chi connectivity index (χ1v) is 7.32. The van der Waals surface area contributed by atoms with Crippen LogP contribution in [0.1, 0.15) is 16.2 Å². The van der Waals surface area contributed by atoms with Crippen LogP contribution in [0.3, 0.4) is 0 Å². The van der Waals surface area contributed by atoms with E-state index in [0.717, 1.165) is 5.69 Å². The van der Waals surface area contributed by atoms with Crippen LogP contribution in [0.5, 0.6) is 0 Å². The van der Waals surface area contributed by atoms with Crippen LogP contribution < -0.4 is 10.9 Å². The number of amides is 1. The number of aromatic amines is 1. The average Bonchev–Trinajstić information content (AvgIpc) is 3.01. The first kappa shape index (κ1) is 13.4. The number of rotatable bonds is 4. The summed E-state index contributed by atoms with van der Waals surface area (Å²) in [6.45, 7) is 0.470. The zero-order chi connectivity index (χ0) is 14.7. The highest BCUT2D eigenvalue weighted by atomic mass is 32.1. The lowest BCUT2D eigenvalue weighted by Gasteiger charge is -2.05. The number of hydrogen-bond acceptors (Lipinski definition) is 5. The number of H-pyrrole nitrogens is 1. The van der Waals surface area contributed by atoms with E-state index in [0.29, 0.717) is 23.7 Å². The van der Waals surface area contributed by atoms with Gasteiger partial charge in [-0.05, 0) is 6.07 Å². The van der Waals surface area contributed by atoms with Gasteiger partial charge in [0.05, 0.1) is 16.6 Å². The second-order valence-electron chi connectivity index (χ2n) is 4.43. The first-order chi connectivity index (χ1) is 10.3. The summed E-state index contributed by atoms with van der Waals surface area (Å²) in [6, 6.07) is 6.91. The molecule has 3 rings (SSSR count). The number of carbonyl (C=O) groups excluding carboxylic acids is 1. The number of hydrogen-bond donors (Lipinski definition) is 2. The molecule has 0 aliphatic carbocycles. The lowest BCUT2D eigenvalue weighted by atomic mass is 10.1. The molecule has 0 saturated heterocycles. The van der Waals surface area contributed by atoms with Gasteiger partial charge in [0, 0.05) is 23.7 Å². The van der Waals surface area contributed by atoms with Gasteiger partial charge in [0.1, 0.15) is 0 Å². The predicted octanol–water partition coefficient (Wildman–Crippen LogP) is 1.35. The fourth-order valence-corrected chi connectivity index (χ4v) is 2.63. The average molecular weight is 300 g/mol. The standard InChI is InChI=1S/C14H12N4O2S/c19-13-11-4-2-1-3-10(11)12(17-18-13)14(20)15-6-5-9-7-21-8-16-9/h1-4,7-8H,5-6H2,(H,15,20)(H,18,19). The number of thiazole rings is 1. The summed E-state index contributed by atoms with van der Waals surface area (Å²) in [5.41, 5.74) is 2.63. The van der Waals surface area contributed by atoms with Crippen molar-refractivity contribution in [2.45, 2.75) is 6.42 Å². The van der Waals surface area contributed by atoms with Gasteiger partial charge in [-0.3, -0.25) is 9.59 Å². The van der Waals surface area contributed by atoms with Gasteiger partial charge in [-0.25, -0.2) is 10.1 Å². The summed E-state index contributed by atoms with van der Waals surface area (Å²) in [4.78, 5) is 28.0. The molecule has 0 spiro atoms. The molecule has 21 heavy (non-hydrogen) atoms. The molecule has 2 aromatic heterocycles. The zero-order valence-corrected chi connectivity index (χ0v) is 11.8. The molecule has 0 fully saturated rings. The van der Waals surface area contributed by atoms with E-state index in [4.69, 9.17) is 0 Å². The fraction of sp³-hybridized carbons (Fsp3) is 0.143. The molecule has 0 bridgehead atoms. The van der Waals surface area contributed by atoms with Crippen molar-refractivity contribution < 1.29 is 4.79 Å². The normalized spacial score (nSPS) is 10.7. The highest BCUT2D eigenvalue weighted by molar-refractivity contribution is 7.07. The van der Waals surface area contributed by atoms with Crippen LogP contribution in [0, 0.1) is 0 Å². The minimum atomic E-state index is -0.308. The van der Waals surface area contributed by atoms with Gasteiger partial charge in [0.25, 0.3) is 11.5 Å². The topological polar surface area (TPSA) is 87.7 Å². The largest absolute Gasteiger partial charge is 0.350 e. The van der Waals surface area contributed by atoms with Crippen molar-refractivity contribution in [1.82, 2.24) is 20.5 Å². The number of nitrogens with one attached hydrogen (secondary N) is 2. The molecular weight excluding hydrogens is 288 g/mol. The molecule has 2 N–H and O–H groups in total. The van der Waals surface area contributed by atoms with Crippen LogP contribution in [-0.4, -0.2) is 27.6 Å². The van der Waals surface area contributed by atoms with E-state index in [-0.39, 0.29) is 17.2 Å². The van der Waals surface area contributed by atoms with E-state index in [1.54, 1.807) is 29.8 Å². The molecule has 0 saturated carbocycles. The quantitative estimate of drug-likeness (QED) is 0.761. The summed E-state index contributed by atoms with van der Waals surface area (Å²) >= 11 is 1.52. The molecule has 3 aromatic rings. The minimum Gasteiger partial charge on any atom is -0.350 e. The second kappa shape index (κ2) is 5.84. The van der Waals surface area contributed by atoms with Crippen LogP contribution in [0.25, 0.3) is 10.8 Å². The lowest BCUT2D eigenvalue weighted by Crippen LogP contribution is -2.28. The Kier molecular flexibility index (Phi) is 3.74. The van der Waals surface area contributed by atoms with Crippen LogP contribution in [0.15, 0.2) is 40.0 Å². The number of benzene rings is 1. The Morgan fingerprint density at radius 2 is 2.10 bits per heavy atom. The van der Waals surface area contributed by atoms with Crippen LogP contribution in [0.4, 0.5) is 0 Å². The zero-order valence-electron chi connectivity index (χ0n) is 11.0. The van der Waals surface area contributed by atoms with Gasteiger partial charge < -0.3 is 5.32 Å². The number of nitrogens with zero attached hydrogens (tertiary/aromatic N) is 2. The van der Waals surface area contributed by atoms with Crippen molar-refractivity contribution in [2.24, 2.45) is 0 Å². The van der Waals surface area contributed by atoms with Crippen LogP contribution >= 0.6 is 11.3 Å². The highest BCUT2D eigenvalue weighted by Gasteiger charge is 2.13. The van der Waals surface area contributed by atoms with Crippen LogP contribution in [-0.2, 0) is 6.42 Å². The third-order valence-corrected chi connectivity index (χ3v) is 3.70. The maximum atomic E-state index is 12.2. The van der Waals surface area contributed by atoms with Crippen molar-refractivity contribution in [3.05, 3.63) is 56.9 Å². The van der Waals surface area contributed by atoms with Gasteiger partial charge in [-0.15, -0.1) is 11.3 Å². The van der Waals surface area contributed by atoms with Gasteiger partial charge in [-0.1, -0.05) is 18.2 Å². The Balaban J connectivity index is 1.78. The second-order valence-corrected chi connectivity index (χ2v) is 5.15. The molecule has 0 unspecified atom stereocenters. The smallest absolute Gasteiger partial charge is 0.272 e. The van der Waals surface area contributed by atoms with E-state index >= 15 is 0 Å². The first-order valence-electron chi connectivity index (χ1n) is 6.38. The van der Waals surface area contributed by atoms with E-state index in [9.17, 15) is 9.59 Å². The number of fused-ring (bicyclic) bond motifs is 1. The molecule has 6 nitrogen and oxygen atoms in total. The predicted molar refractivity (Wildman–Crippen MR) is 80.5 cm³/mol. The maximum absolute atomic E-state index is 12.2. The Morgan fingerprint density at radius 1 is 1.29 bits per heavy atom. The van der Waals surface area contributed by atoms with Gasteiger partial charge in [0.2, 0.25) is 0 Å². The van der Waals surface area contributed by atoms with E-state index < -0.39 is 0 Å². The van der Waals surface area contributed by atoms with Crippen LogP contribution in [0.2, 0.25) is 0 Å². The monoisotopic (exact) mass is 300 g/mol. The van der Waals surface area contributed by atoms with Gasteiger partial charge in [0.15, 0.2) is 5.69 Å². The van der Waals surface area contributed by atoms with E-state index in [1.807, 2.05) is 5.38 Å². The highest BCUT2D eigenvalue weighted by Crippen LogP contribution is 2.12. The van der Waals surface area contributed by atoms with Crippen molar-refractivity contribution in [3.63, 3.8) is 0 Å².